The van der Waals surface area contributed by atoms with Crippen LogP contribution >= 0.6 is 0 Å². The number of carbonyl (C=O) groups excluding carboxylic acids is 1. The fourth-order valence-electron chi connectivity index (χ4n) is 4.38. The second-order valence-corrected chi connectivity index (χ2v) is 8.00. The van der Waals surface area contributed by atoms with Crippen LogP contribution in [0.4, 0.5) is 0 Å². The molecule has 1 aliphatic carbocycles. The highest BCUT2D eigenvalue weighted by molar-refractivity contribution is 5.80. The van der Waals surface area contributed by atoms with Gasteiger partial charge in [0.25, 0.3) is 5.91 Å². The topological polar surface area (TPSA) is 94.8 Å². The van der Waals surface area contributed by atoms with Crippen molar-refractivity contribution in [3.63, 3.8) is 0 Å². The fourth-order valence-corrected chi connectivity index (χ4v) is 4.38. The minimum Gasteiger partial charge on any atom is -0.490 e. The molecule has 29 heavy (non-hydrogen) atoms. The first kappa shape index (κ1) is 21.4. The number of nitrogens with one attached hydrogen (secondary N) is 1. The molecule has 1 unspecified atom stereocenters. The van der Waals surface area contributed by atoms with Gasteiger partial charge in [0, 0.05) is 13.1 Å². The number of hydrogen-bond acceptors (Lipinski definition) is 6. The van der Waals surface area contributed by atoms with Crippen molar-refractivity contribution in [3.8, 4) is 17.6 Å². The SMILES string of the molecule is CCOc1ccc(C2(C#N)CCN(C(C)C(=O)NO)CC2)cc1OC1CCCC1. The number of nitriles is 1. The van der Waals surface area contributed by atoms with E-state index in [1.165, 1.54) is 12.8 Å². The maximum absolute atomic E-state index is 11.7. The Morgan fingerprint density at radius 3 is 2.62 bits per heavy atom. The molecule has 7 heteroatoms. The number of rotatable bonds is 7. The maximum Gasteiger partial charge on any atom is 0.260 e. The number of hydroxylamine groups is 1. The summed E-state index contributed by atoms with van der Waals surface area (Å²) in [5.74, 6) is 1.02. The summed E-state index contributed by atoms with van der Waals surface area (Å²) in [5.41, 5.74) is 2.03. The van der Waals surface area contributed by atoms with Gasteiger partial charge in [0.05, 0.1) is 30.2 Å². The van der Waals surface area contributed by atoms with Gasteiger partial charge in [-0.25, -0.2) is 5.48 Å². The van der Waals surface area contributed by atoms with Crippen molar-refractivity contribution in [1.29, 1.82) is 5.26 Å². The van der Waals surface area contributed by atoms with Crippen molar-refractivity contribution < 1.29 is 19.5 Å². The lowest BCUT2D eigenvalue weighted by atomic mass is 9.73. The van der Waals surface area contributed by atoms with Gasteiger partial charge in [0.1, 0.15) is 0 Å². The maximum atomic E-state index is 11.7. The Hall–Kier alpha value is -2.30. The molecular formula is C22H31N3O4. The van der Waals surface area contributed by atoms with E-state index in [2.05, 4.69) is 6.07 Å². The van der Waals surface area contributed by atoms with Crippen LogP contribution < -0.4 is 15.0 Å². The van der Waals surface area contributed by atoms with Crippen molar-refractivity contribution in [2.24, 2.45) is 0 Å². The van der Waals surface area contributed by atoms with Gasteiger partial charge in [-0.3, -0.25) is 14.9 Å². The number of likely N-dealkylation sites (tertiary alicyclic amines) is 1. The molecule has 1 aromatic carbocycles. The van der Waals surface area contributed by atoms with E-state index in [1.807, 2.05) is 30.0 Å². The van der Waals surface area contributed by atoms with E-state index in [1.54, 1.807) is 12.4 Å². The summed E-state index contributed by atoms with van der Waals surface area (Å²) in [7, 11) is 0. The van der Waals surface area contributed by atoms with Crippen molar-refractivity contribution >= 4 is 5.91 Å². The minimum atomic E-state index is -0.621. The first-order valence-electron chi connectivity index (χ1n) is 10.6. The largest absolute Gasteiger partial charge is 0.490 e. The van der Waals surface area contributed by atoms with Crippen LogP contribution in [0.25, 0.3) is 0 Å². The predicted molar refractivity (Wildman–Crippen MR) is 108 cm³/mol. The van der Waals surface area contributed by atoms with Gasteiger partial charge in [0.2, 0.25) is 0 Å². The molecule has 3 rings (SSSR count). The Morgan fingerprint density at radius 2 is 2.03 bits per heavy atom. The highest BCUT2D eigenvalue weighted by Gasteiger charge is 2.39. The van der Waals surface area contributed by atoms with Crippen LogP contribution in [0.15, 0.2) is 18.2 Å². The molecule has 2 N–H and O–H groups in total. The molecule has 0 aromatic heterocycles. The molecular weight excluding hydrogens is 370 g/mol. The summed E-state index contributed by atoms with van der Waals surface area (Å²) in [6.07, 6.45) is 5.92. The summed E-state index contributed by atoms with van der Waals surface area (Å²) in [5, 5.41) is 18.9. The molecule has 1 aliphatic heterocycles. The van der Waals surface area contributed by atoms with E-state index < -0.39 is 17.4 Å². The van der Waals surface area contributed by atoms with Crippen LogP contribution in [0, 0.1) is 11.3 Å². The average Bonchev–Trinajstić information content (AvgIpc) is 3.27. The summed E-state index contributed by atoms with van der Waals surface area (Å²) in [4.78, 5) is 13.7. The van der Waals surface area contributed by atoms with Crippen LogP contribution in [0.1, 0.15) is 57.9 Å². The van der Waals surface area contributed by atoms with Crippen molar-refractivity contribution in [2.75, 3.05) is 19.7 Å². The molecule has 1 saturated heterocycles. The Labute approximate surface area is 172 Å². The first-order chi connectivity index (χ1) is 14.0. The molecule has 2 fully saturated rings. The molecule has 1 amide bonds. The Kier molecular flexibility index (Phi) is 6.99. The van der Waals surface area contributed by atoms with E-state index in [0.717, 1.165) is 29.9 Å². The molecule has 0 radical (unpaired) electrons. The number of amides is 1. The number of benzene rings is 1. The molecule has 2 aliphatic rings. The van der Waals surface area contributed by atoms with Crippen molar-refractivity contribution in [2.45, 2.75) is 69.9 Å². The number of piperidine rings is 1. The van der Waals surface area contributed by atoms with E-state index >= 15 is 0 Å². The molecule has 158 valence electrons. The summed E-state index contributed by atoms with van der Waals surface area (Å²) < 4.78 is 12.0. The minimum absolute atomic E-state index is 0.210. The standard InChI is InChI=1S/C22H31N3O4/c1-3-28-19-9-8-17(14-20(19)29-18-6-4-5-7-18)22(15-23)10-12-25(13-11-22)16(2)21(26)24-27/h8-9,14,16,18,27H,3-7,10-13H2,1-2H3,(H,24,26). The highest BCUT2D eigenvalue weighted by Crippen LogP contribution is 2.40. The fraction of sp³-hybridized carbons (Fsp3) is 0.636. The Bertz CT molecular complexity index is 747. The molecule has 0 spiro atoms. The van der Waals surface area contributed by atoms with E-state index in [-0.39, 0.29) is 6.10 Å². The zero-order chi connectivity index (χ0) is 20.9. The highest BCUT2D eigenvalue weighted by atomic mass is 16.5. The summed E-state index contributed by atoms with van der Waals surface area (Å²) >= 11 is 0. The number of nitrogens with zero attached hydrogens (tertiary/aromatic N) is 2. The third-order valence-electron chi connectivity index (χ3n) is 6.29. The summed E-state index contributed by atoms with van der Waals surface area (Å²) in [6.45, 7) is 5.48. The number of carbonyl (C=O) groups is 1. The van der Waals surface area contributed by atoms with Crippen molar-refractivity contribution in [3.05, 3.63) is 23.8 Å². The molecule has 0 bridgehead atoms. The molecule has 1 aromatic rings. The Morgan fingerprint density at radius 1 is 1.34 bits per heavy atom. The van der Waals surface area contributed by atoms with Crippen LogP contribution in [0.5, 0.6) is 11.5 Å². The van der Waals surface area contributed by atoms with Gasteiger partial charge in [-0.05, 0) is 70.1 Å². The Balaban J connectivity index is 1.80. The average molecular weight is 402 g/mol. The third kappa shape index (κ3) is 4.65. The normalized spacial score (nSPS) is 20.6. The number of ether oxygens (including phenoxy) is 2. The van der Waals surface area contributed by atoms with Crippen LogP contribution in [-0.4, -0.2) is 47.9 Å². The van der Waals surface area contributed by atoms with E-state index in [0.29, 0.717) is 32.5 Å². The summed E-state index contributed by atoms with van der Waals surface area (Å²) in [6, 6.07) is 7.96. The van der Waals surface area contributed by atoms with Crippen LogP contribution in [0.3, 0.4) is 0 Å². The van der Waals surface area contributed by atoms with E-state index in [4.69, 9.17) is 14.7 Å². The monoisotopic (exact) mass is 401 g/mol. The number of hydrogen-bond donors (Lipinski definition) is 2. The van der Waals surface area contributed by atoms with Gasteiger partial charge >= 0.3 is 0 Å². The first-order valence-corrected chi connectivity index (χ1v) is 10.6. The van der Waals surface area contributed by atoms with Crippen molar-refractivity contribution in [1.82, 2.24) is 10.4 Å². The van der Waals surface area contributed by atoms with Gasteiger partial charge < -0.3 is 9.47 Å². The van der Waals surface area contributed by atoms with Gasteiger partial charge in [0.15, 0.2) is 11.5 Å². The lowest BCUT2D eigenvalue weighted by molar-refractivity contribution is -0.134. The van der Waals surface area contributed by atoms with Crippen LogP contribution in [0.2, 0.25) is 0 Å². The quantitative estimate of drug-likeness (QED) is 0.538. The molecule has 1 atom stereocenters. The lowest BCUT2D eigenvalue weighted by Crippen LogP contribution is -2.50. The molecule has 7 nitrogen and oxygen atoms in total. The zero-order valence-corrected chi connectivity index (χ0v) is 17.3. The van der Waals surface area contributed by atoms with Crippen LogP contribution in [-0.2, 0) is 10.2 Å². The molecule has 1 heterocycles. The van der Waals surface area contributed by atoms with Gasteiger partial charge in [-0.15, -0.1) is 0 Å². The second kappa shape index (κ2) is 9.47. The third-order valence-corrected chi connectivity index (χ3v) is 6.29. The van der Waals surface area contributed by atoms with Gasteiger partial charge in [-0.2, -0.15) is 5.26 Å². The predicted octanol–water partition coefficient (Wildman–Crippen LogP) is 3.16. The second-order valence-electron chi connectivity index (χ2n) is 8.00. The molecule has 1 saturated carbocycles. The van der Waals surface area contributed by atoms with Gasteiger partial charge in [-0.1, -0.05) is 6.07 Å². The van der Waals surface area contributed by atoms with E-state index in [9.17, 15) is 10.1 Å². The smallest absolute Gasteiger partial charge is 0.260 e. The lowest BCUT2D eigenvalue weighted by Gasteiger charge is -2.39. The zero-order valence-electron chi connectivity index (χ0n) is 17.3.